The molecular formula is C21H20N6O3S. The molecule has 0 aromatic carbocycles. The lowest BCUT2D eigenvalue weighted by molar-refractivity contribution is 0.122. The smallest absolute Gasteiger partial charge is 0.193 e. The predicted molar refractivity (Wildman–Crippen MR) is 116 cm³/mol. The molecule has 1 aliphatic heterocycles. The van der Waals surface area contributed by atoms with Gasteiger partial charge >= 0.3 is 0 Å². The number of hydrogen-bond donors (Lipinski definition) is 1. The van der Waals surface area contributed by atoms with Gasteiger partial charge in [-0.2, -0.15) is 5.10 Å². The highest BCUT2D eigenvalue weighted by Gasteiger charge is 2.20. The fourth-order valence-corrected chi connectivity index (χ4v) is 4.51. The summed E-state index contributed by atoms with van der Waals surface area (Å²) in [6.45, 7) is 2.88. The Morgan fingerprint density at radius 1 is 1.06 bits per heavy atom. The Kier molecular flexibility index (Phi) is 4.87. The third kappa shape index (κ3) is 3.75. The van der Waals surface area contributed by atoms with Crippen LogP contribution in [0.15, 0.2) is 53.8 Å². The first kappa shape index (κ1) is 19.6. The van der Waals surface area contributed by atoms with E-state index in [4.69, 9.17) is 14.7 Å². The number of aromatic nitrogens is 5. The third-order valence-corrected chi connectivity index (χ3v) is 6.18. The lowest BCUT2D eigenvalue weighted by Gasteiger charge is -2.28. The normalized spacial score (nSPS) is 14.8. The summed E-state index contributed by atoms with van der Waals surface area (Å²) in [5, 5.41) is 7.84. The number of nitrogens with zero attached hydrogens (tertiary/aromatic N) is 5. The average Bonchev–Trinajstić information content (AvgIpc) is 3.33. The zero-order valence-electron chi connectivity index (χ0n) is 16.8. The van der Waals surface area contributed by atoms with Crippen LogP contribution in [0.1, 0.15) is 0 Å². The zero-order chi connectivity index (χ0) is 21.4. The molecule has 5 heterocycles. The molecule has 0 unspecified atom stereocenters. The summed E-state index contributed by atoms with van der Waals surface area (Å²) in [6, 6.07) is 11.0. The van der Waals surface area contributed by atoms with E-state index in [0.29, 0.717) is 41.4 Å². The minimum atomic E-state index is -3.53. The minimum absolute atomic E-state index is 0.00435. The van der Waals surface area contributed by atoms with Crippen LogP contribution in [0.2, 0.25) is 0 Å². The number of hydrogen-bond acceptors (Lipinski definition) is 8. The van der Waals surface area contributed by atoms with Crippen LogP contribution >= 0.6 is 0 Å². The van der Waals surface area contributed by atoms with Crippen LogP contribution < -0.4 is 4.90 Å². The van der Waals surface area contributed by atoms with E-state index in [1.807, 2.05) is 24.3 Å². The first-order valence-corrected chi connectivity index (χ1v) is 11.7. The van der Waals surface area contributed by atoms with Crippen molar-refractivity contribution in [1.29, 1.82) is 0 Å². The molecule has 10 heteroatoms. The highest BCUT2D eigenvalue weighted by molar-refractivity contribution is 7.90. The number of rotatable bonds is 4. The molecule has 1 saturated heterocycles. The van der Waals surface area contributed by atoms with E-state index in [-0.39, 0.29) is 5.03 Å². The predicted octanol–water partition coefficient (Wildman–Crippen LogP) is 2.32. The van der Waals surface area contributed by atoms with Gasteiger partial charge < -0.3 is 9.64 Å². The van der Waals surface area contributed by atoms with Crippen molar-refractivity contribution < 1.29 is 13.2 Å². The van der Waals surface area contributed by atoms with Gasteiger partial charge in [0.15, 0.2) is 14.9 Å². The minimum Gasteiger partial charge on any atom is -0.378 e. The van der Waals surface area contributed by atoms with Gasteiger partial charge in [-0.25, -0.2) is 23.4 Å². The Hall–Kier alpha value is -3.37. The Labute approximate surface area is 179 Å². The highest BCUT2D eigenvalue weighted by Crippen LogP contribution is 2.32. The second kappa shape index (κ2) is 7.71. The van der Waals surface area contributed by atoms with E-state index in [1.165, 1.54) is 6.20 Å². The van der Waals surface area contributed by atoms with Gasteiger partial charge in [0.05, 0.1) is 24.6 Å². The molecule has 4 aromatic rings. The van der Waals surface area contributed by atoms with Crippen LogP contribution in [0.4, 0.5) is 5.82 Å². The van der Waals surface area contributed by atoms with E-state index < -0.39 is 9.84 Å². The molecule has 5 rings (SSSR count). The molecule has 0 aliphatic carbocycles. The van der Waals surface area contributed by atoms with Gasteiger partial charge in [0.2, 0.25) is 0 Å². The monoisotopic (exact) mass is 436 g/mol. The number of sulfone groups is 1. The van der Waals surface area contributed by atoms with Crippen molar-refractivity contribution in [2.75, 3.05) is 37.5 Å². The molecule has 0 amide bonds. The number of nitrogens with one attached hydrogen (secondary N) is 1. The maximum Gasteiger partial charge on any atom is 0.193 e. The Morgan fingerprint density at radius 2 is 1.90 bits per heavy atom. The highest BCUT2D eigenvalue weighted by atomic mass is 32.2. The second-order valence-corrected chi connectivity index (χ2v) is 9.23. The Balaban J connectivity index is 1.73. The molecular weight excluding hydrogens is 416 g/mol. The molecule has 0 saturated carbocycles. The van der Waals surface area contributed by atoms with Crippen molar-refractivity contribution in [2.45, 2.75) is 5.03 Å². The van der Waals surface area contributed by atoms with Gasteiger partial charge in [-0.05, 0) is 36.4 Å². The Morgan fingerprint density at radius 3 is 2.65 bits per heavy atom. The number of ether oxygens (including phenoxy) is 1. The van der Waals surface area contributed by atoms with Crippen LogP contribution in [-0.4, -0.2) is 66.1 Å². The van der Waals surface area contributed by atoms with Gasteiger partial charge in [0.1, 0.15) is 17.0 Å². The van der Waals surface area contributed by atoms with Crippen molar-refractivity contribution in [3.05, 3.63) is 48.8 Å². The first-order chi connectivity index (χ1) is 15.0. The number of H-pyrrole nitrogens is 1. The van der Waals surface area contributed by atoms with E-state index in [1.54, 1.807) is 18.3 Å². The van der Waals surface area contributed by atoms with Crippen molar-refractivity contribution in [1.82, 2.24) is 25.1 Å². The van der Waals surface area contributed by atoms with Crippen molar-refractivity contribution in [3.8, 4) is 22.6 Å². The Bertz CT molecular complexity index is 1350. The first-order valence-electron chi connectivity index (χ1n) is 9.80. The van der Waals surface area contributed by atoms with Gasteiger partial charge in [-0.1, -0.05) is 0 Å². The largest absolute Gasteiger partial charge is 0.378 e. The number of morpholine rings is 1. The topological polar surface area (TPSA) is 114 Å². The van der Waals surface area contributed by atoms with Crippen LogP contribution in [0, 0.1) is 0 Å². The average molecular weight is 436 g/mol. The van der Waals surface area contributed by atoms with Crippen molar-refractivity contribution >= 4 is 26.6 Å². The number of fused-ring (bicyclic) bond motifs is 1. The van der Waals surface area contributed by atoms with Crippen LogP contribution in [0.25, 0.3) is 33.5 Å². The maximum absolute atomic E-state index is 12.3. The van der Waals surface area contributed by atoms with Gasteiger partial charge in [-0.15, -0.1) is 0 Å². The lowest BCUT2D eigenvalue weighted by Crippen LogP contribution is -2.36. The molecule has 4 aromatic heterocycles. The summed E-state index contributed by atoms with van der Waals surface area (Å²) in [5.41, 5.74) is 2.96. The number of anilines is 1. The molecule has 0 radical (unpaired) electrons. The van der Waals surface area contributed by atoms with E-state index >= 15 is 0 Å². The van der Waals surface area contributed by atoms with Gasteiger partial charge in [0, 0.05) is 42.7 Å². The summed E-state index contributed by atoms with van der Waals surface area (Å²) >= 11 is 0. The molecule has 1 aliphatic rings. The summed E-state index contributed by atoms with van der Waals surface area (Å²) < 4.78 is 30.0. The molecule has 9 nitrogen and oxygen atoms in total. The molecule has 31 heavy (non-hydrogen) atoms. The SMILES string of the molecule is CS(=O)(=O)c1ncccc1-c1cc2ccc(N3CCOCC3)nc2c(-c2ccn[nH]2)n1. The maximum atomic E-state index is 12.3. The fourth-order valence-electron chi connectivity index (χ4n) is 3.68. The summed E-state index contributed by atoms with van der Waals surface area (Å²) in [7, 11) is -3.53. The molecule has 0 bridgehead atoms. The summed E-state index contributed by atoms with van der Waals surface area (Å²) in [5.74, 6) is 0.851. The summed E-state index contributed by atoms with van der Waals surface area (Å²) in [6.07, 6.45) is 4.26. The second-order valence-electron chi connectivity index (χ2n) is 7.30. The van der Waals surface area contributed by atoms with E-state index in [2.05, 4.69) is 20.1 Å². The third-order valence-electron chi connectivity index (χ3n) is 5.15. The van der Waals surface area contributed by atoms with Crippen LogP contribution in [0.5, 0.6) is 0 Å². The van der Waals surface area contributed by atoms with Crippen LogP contribution in [0.3, 0.4) is 0 Å². The van der Waals surface area contributed by atoms with Gasteiger partial charge in [0.25, 0.3) is 0 Å². The van der Waals surface area contributed by atoms with Crippen LogP contribution in [-0.2, 0) is 14.6 Å². The van der Waals surface area contributed by atoms with Crippen molar-refractivity contribution in [3.63, 3.8) is 0 Å². The van der Waals surface area contributed by atoms with E-state index in [0.717, 1.165) is 30.5 Å². The lowest BCUT2D eigenvalue weighted by atomic mass is 10.1. The molecule has 1 fully saturated rings. The zero-order valence-corrected chi connectivity index (χ0v) is 17.6. The quantitative estimate of drug-likeness (QED) is 0.518. The number of pyridine rings is 3. The molecule has 1 N–H and O–H groups in total. The van der Waals surface area contributed by atoms with Crippen molar-refractivity contribution in [2.24, 2.45) is 0 Å². The molecule has 0 atom stereocenters. The summed E-state index contributed by atoms with van der Waals surface area (Å²) in [4.78, 5) is 15.9. The van der Waals surface area contributed by atoms with Gasteiger partial charge in [-0.3, -0.25) is 5.10 Å². The fraction of sp³-hybridized carbons (Fsp3) is 0.238. The number of aromatic amines is 1. The molecule has 158 valence electrons. The standard InChI is InChI=1S/C21H20N6O3S/c1-31(28,29)21-15(3-2-7-22-21)17-13-14-4-5-18(27-9-11-30-12-10-27)25-19(14)20(24-17)16-6-8-23-26-16/h2-8,13H,9-12H2,1H3,(H,23,26). The molecule has 0 spiro atoms. The van der Waals surface area contributed by atoms with E-state index in [9.17, 15) is 8.42 Å².